The van der Waals surface area contributed by atoms with Crippen molar-refractivity contribution >= 4 is 11.7 Å². The van der Waals surface area contributed by atoms with Gasteiger partial charge in [-0.1, -0.05) is 6.07 Å². The zero-order valence-electron chi connectivity index (χ0n) is 8.66. The van der Waals surface area contributed by atoms with E-state index in [4.69, 9.17) is 10.8 Å². The Hall–Kier alpha value is -1.72. The van der Waals surface area contributed by atoms with Gasteiger partial charge in [0, 0.05) is 5.69 Å². The summed E-state index contributed by atoms with van der Waals surface area (Å²) in [6, 6.07) is 3.58. The number of rotatable bonds is 2. The lowest BCUT2D eigenvalue weighted by Gasteiger charge is -2.11. The van der Waals surface area contributed by atoms with Gasteiger partial charge >= 0.3 is 12.1 Å². The molecular weight excluding hydrogens is 235 g/mol. The first-order valence-corrected chi connectivity index (χ1v) is 5.00. The number of anilines is 1. The Balaban J connectivity index is 2.30. The van der Waals surface area contributed by atoms with Crippen LogP contribution in [0.25, 0.3) is 0 Å². The van der Waals surface area contributed by atoms with Gasteiger partial charge in [0.15, 0.2) is 0 Å². The quantitative estimate of drug-likeness (QED) is 0.787. The molecule has 6 heteroatoms. The molecule has 2 atom stereocenters. The van der Waals surface area contributed by atoms with E-state index in [1.54, 1.807) is 0 Å². The normalized spacial score (nSPS) is 23.5. The molecule has 1 aromatic carbocycles. The van der Waals surface area contributed by atoms with E-state index in [-0.39, 0.29) is 11.6 Å². The number of aliphatic carboxylic acids is 1. The van der Waals surface area contributed by atoms with Crippen molar-refractivity contribution in [1.29, 1.82) is 0 Å². The van der Waals surface area contributed by atoms with E-state index in [1.165, 1.54) is 12.1 Å². The smallest absolute Gasteiger partial charge is 0.418 e. The molecule has 3 N–H and O–H groups in total. The van der Waals surface area contributed by atoms with Crippen LogP contribution in [-0.4, -0.2) is 11.1 Å². The van der Waals surface area contributed by atoms with Crippen LogP contribution in [0, 0.1) is 5.92 Å². The number of carbonyl (C=O) groups is 1. The summed E-state index contributed by atoms with van der Waals surface area (Å²) in [5.74, 6) is -1.87. The number of alkyl halides is 3. The minimum atomic E-state index is -4.51. The highest BCUT2D eigenvalue weighted by Crippen LogP contribution is 2.49. The van der Waals surface area contributed by atoms with Gasteiger partial charge in [0.25, 0.3) is 0 Å². The number of carboxylic acids is 1. The van der Waals surface area contributed by atoms with Crippen molar-refractivity contribution in [3.05, 3.63) is 29.3 Å². The Bertz CT molecular complexity index is 470. The first-order valence-electron chi connectivity index (χ1n) is 5.00. The lowest BCUT2D eigenvalue weighted by Crippen LogP contribution is -2.09. The molecule has 0 saturated heterocycles. The summed E-state index contributed by atoms with van der Waals surface area (Å²) in [5.41, 5.74) is 4.41. The Kier molecular flexibility index (Phi) is 2.52. The van der Waals surface area contributed by atoms with Crippen molar-refractivity contribution in [3.63, 3.8) is 0 Å². The van der Waals surface area contributed by atoms with E-state index in [0.29, 0.717) is 12.0 Å². The Morgan fingerprint density at radius 1 is 1.41 bits per heavy atom. The second-order valence-electron chi connectivity index (χ2n) is 4.13. The lowest BCUT2D eigenvalue weighted by atomic mass is 10.0. The molecule has 2 rings (SSSR count). The molecule has 0 amide bonds. The van der Waals surface area contributed by atoms with Gasteiger partial charge in [0.2, 0.25) is 0 Å². The molecule has 1 saturated carbocycles. The fraction of sp³-hybridized carbons (Fsp3) is 0.364. The maximum Gasteiger partial charge on any atom is 0.418 e. The Morgan fingerprint density at radius 2 is 2.06 bits per heavy atom. The number of benzene rings is 1. The van der Waals surface area contributed by atoms with Crippen molar-refractivity contribution in [1.82, 2.24) is 0 Å². The van der Waals surface area contributed by atoms with Crippen molar-refractivity contribution in [2.75, 3.05) is 5.73 Å². The molecule has 0 aromatic heterocycles. The van der Waals surface area contributed by atoms with Gasteiger partial charge < -0.3 is 10.8 Å². The summed E-state index contributed by atoms with van der Waals surface area (Å²) in [6.45, 7) is 0. The average molecular weight is 245 g/mol. The fourth-order valence-corrected chi connectivity index (χ4v) is 1.89. The van der Waals surface area contributed by atoms with E-state index >= 15 is 0 Å². The molecule has 0 aliphatic heterocycles. The third kappa shape index (κ3) is 2.20. The Morgan fingerprint density at radius 3 is 2.53 bits per heavy atom. The number of hydrogen-bond acceptors (Lipinski definition) is 2. The highest BCUT2D eigenvalue weighted by Gasteiger charge is 2.45. The largest absolute Gasteiger partial charge is 0.481 e. The molecular formula is C11H10F3NO2. The molecule has 0 heterocycles. The predicted molar refractivity (Wildman–Crippen MR) is 54.3 cm³/mol. The summed E-state index contributed by atoms with van der Waals surface area (Å²) in [6.07, 6.45) is -4.12. The van der Waals surface area contributed by atoms with E-state index in [9.17, 15) is 18.0 Å². The van der Waals surface area contributed by atoms with Gasteiger partial charge in [-0.3, -0.25) is 4.79 Å². The molecule has 1 aliphatic carbocycles. The summed E-state index contributed by atoms with van der Waals surface area (Å²) < 4.78 is 37.7. The SMILES string of the molecule is Nc1ccc(C2CC2C(=O)O)cc1C(F)(F)F. The van der Waals surface area contributed by atoms with Crippen LogP contribution in [0.2, 0.25) is 0 Å². The average Bonchev–Trinajstić information content (AvgIpc) is 2.96. The maximum atomic E-state index is 12.6. The standard InChI is InChI=1S/C11H10F3NO2/c12-11(13,14)8-3-5(1-2-9(8)15)6-4-7(6)10(16)17/h1-3,6-7H,4,15H2,(H,16,17). The zero-order chi connectivity index (χ0) is 12.8. The first kappa shape index (κ1) is 11.8. The van der Waals surface area contributed by atoms with Gasteiger partial charge in [0.1, 0.15) is 0 Å². The van der Waals surface area contributed by atoms with Crippen molar-refractivity contribution in [2.45, 2.75) is 18.5 Å². The second kappa shape index (κ2) is 3.65. The molecule has 1 fully saturated rings. The monoisotopic (exact) mass is 245 g/mol. The van der Waals surface area contributed by atoms with Crippen molar-refractivity contribution in [2.24, 2.45) is 5.92 Å². The molecule has 0 bridgehead atoms. The molecule has 17 heavy (non-hydrogen) atoms. The predicted octanol–water partition coefficient (Wildman–Crippen LogP) is 2.48. The van der Waals surface area contributed by atoms with Crippen LogP contribution < -0.4 is 5.73 Å². The minimum Gasteiger partial charge on any atom is -0.481 e. The van der Waals surface area contributed by atoms with Gasteiger partial charge in [-0.25, -0.2) is 0 Å². The molecule has 1 aliphatic rings. The summed E-state index contributed by atoms with van der Waals surface area (Å²) in [4.78, 5) is 10.6. The van der Waals surface area contributed by atoms with Crippen LogP contribution in [0.3, 0.4) is 0 Å². The fourth-order valence-electron chi connectivity index (χ4n) is 1.89. The van der Waals surface area contributed by atoms with Crippen LogP contribution in [0.1, 0.15) is 23.5 Å². The second-order valence-corrected chi connectivity index (χ2v) is 4.13. The number of nitrogen functional groups attached to an aromatic ring is 1. The van der Waals surface area contributed by atoms with Gasteiger partial charge in [-0.15, -0.1) is 0 Å². The van der Waals surface area contributed by atoms with Crippen LogP contribution in [-0.2, 0) is 11.0 Å². The topological polar surface area (TPSA) is 63.3 Å². The third-order valence-electron chi connectivity index (χ3n) is 2.92. The van der Waals surface area contributed by atoms with Gasteiger partial charge in [0.05, 0.1) is 11.5 Å². The highest BCUT2D eigenvalue weighted by atomic mass is 19.4. The molecule has 3 nitrogen and oxygen atoms in total. The molecule has 2 unspecified atom stereocenters. The Labute approximate surface area is 95.0 Å². The summed E-state index contributed by atoms with van der Waals surface area (Å²) in [5, 5.41) is 8.72. The van der Waals surface area contributed by atoms with E-state index < -0.39 is 23.6 Å². The van der Waals surface area contributed by atoms with E-state index in [2.05, 4.69) is 0 Å². The number of nitrogens with two attached hydrogens (primary N) is 1. The van der Waals surface area contributed by atoms with Gasteiger partial charge in [-0.2, -0.15) is 13.2 Å². The number of halogens is 3. The van der Waals surface area contributed by atoms with Crippen molar-refractivity contribution < 1.29 is 23.1 Å². The van der Waals surface area contributed by atoms with E-state index in [0.717, 1.165) is 6.07 Å². The van der Waals surface area contributed by atoms with E-state index in [1.807, 2.05) is 0 Å². The van der Waals surface area contributed by atoms with Crippen LogP contribution >= 0.6 is 0 Å². The van der Waals surface area contributed by atoms with Gasteiger partial charge in [-0.05, 0) is 30.0 Å². The number of hydrogen-bond donors (Lipinski definition) is 2. The van der Waals surface area contributed by atoms with Crippen LogP contribution in [0.4, 0.5) is 18.9 Å². The summed E-state index contributed by atoms with van der Waals surface area (Å²) in [7, 11) is 0. The third-order valence-corrected chi connectivity index (χ3v) is 2.92. The number of carboxylic acid groups (broad SMARTS) is 1. The van der Waals surface area contributed by atoms with Crippen LogP contribution in [0.15, 0.2) is 18.2 Å². The molecule has 0 spiro atoms. The zero-order valence-corrected chi connectivity index (χ0v) is 8.66. The van der Waals surface area contributed by atoms with Crippen LogP contribution in [0.5, 0.6) is 0 Å². The highest BCUT2D eigenvalue weighted by molar-refractivity contribution is 5.75. The minimum absolute atomic E-state index is 0.325. The first-order chi connectivity index (χ1) is 7.80. The van der Waals surface area contributed by atoms with Crippen molar-refractivity contribution in [3.8, 4) is 0 Å². The molecule has 1 aromatic rings. The summed E-state index contributed by atoms with van der Waals surface area (Å²) >= 11 is 0. The molecule has 92 valence electrons. The lowest BCUT2D eigenvalue weighted by molar-refractivity contribution is -0.138. The maximum absolute atomic E-state index is 12.6. The molecule has 0 radical (unpaired) electrons.